The Morgan fingerprint density at radius 2 is 2.00 bits per heavy atom. The lowest BCUT2D eigenvalue weighted by atomic mass is 9.85. The molecule has 0 aromatic carbocycles. The van der Waals surface area contributed by atoms with Crippen LogP contribution in [0.25, 0.3) is 0 Å². The number of H-pyrrole nitrogens is 1. The number of aromatic amines is 1. The Morgan fingerprint density at radius 3 is 2.67 bits per heavy atom. The molecule has 0 aliphatic carbocycles. The van der Waals surface area contributed by atoms with Gasteiger partial charge in [-0.1, -0.05) is 0 Å². The molecule has 2 atom stereocenters. The standard InChI is InChI=1S/C14H24N4O2S/c1-10-14(11(2)16-15-10)21(19,20)18-8-6-13-12(9-18)5-4-7-17(13)3/h12-13H,4-9H2,1-3H3,(H,15,16). The van der Waals surface area contributed by atoms with Gasteiger partial charge in [0.25, 0.3) is 0 Å². The lowest BCUT2D eigenvalue weighted by molar-refractivity contribution is 0.0671. The zero-order chi connectivity index (χ0) is 15.2. The van der Waals surface area contributed by atoms with Crippen molar-refractivity contribution >= 4 is 10.0 Å². The van der Waals surface area contributed by atoms with E-state index in [0.29, 0.717) is 41.3 Å². The monoisotopic (exact) mass is 312 g/mol. The summed E-state index contributed by atoms with van der Waals surface area (Å²) in [6, 6.07) is 0.539. The Kier molecular flexibility index (Phi) is 3.83. The summed E-state index contributed by atoms with van der Waals surface area (Å²) in [5.74, 6) is 0.458. The van der Waals surface area contributed by atoms with Gasteiger partial charge in [0.1, 0.15) is 4.90 Å². The number of nitrogens with one attached hydrogen (secondary N) is 1. The van der Waals surface area contributed by atoms with E-state index in [2.05, 4.69) is 22.1 Å². The van der Waals surface area contributed by atoms with Gasteiger partial charge in [0.15, 0.2) is 0 Å². The van der Waals surface area contributed by atoms with E-state index in [4.69, 9.17) is 0 Å². The third-order valence-corrected chi connectivity index (χ3v) is 7.10. The average molecular weight is 312 g/mol. The maximum Gasteiger partial charge on any atom is 0.246 e. The number of fused-ring (bicyclic) bond motifs is 1. The molecule has 0 saturated carbocycles. The van der Waals surface area contributed by atoms with Crippen molar-refractivity contribution in [1.82, 2.24) is 19.4 Å². The Hall–Kier alpha value is -0.920. The van der Waals surface area contributed by atoms with Crippen molar-refractivity contribution in [3.63, 3.8) is 0 Å². The minimum atomic E-state index is -3.43. The first-order valence-electron chi connectivity index (χ1n) is 7.63. The zero-order valence-electron chi connectivity index (χ0n) is 13.0. The number of piperidine rings is 2. The first-order valence-corrected chi connectivity index (χ1v) is 9.07. The topological polar surface area (TPSA) is 69.3 Å². The Morgan fingerprint density at radius 1 is 1.24 bits per heavy atom. The molecule has 2 unspecified atom stereocenters. The molecule has 0 amide bonds. The lowest BCUT2D eigenvalue weighted by Gasteiger charge is -2.45. The Bertz CT molecular complexity index is 605. The molecule has 0 bridgehead atoms. The zero-order valence-corrected chi connectivity index (χ0v) is 13.8. The summed E-state index contributed by atoms with van der Waals surface area (Å²) in [6.45, 7) is 5.90. The highest BCUT2D eigenvalue weighted by Crippen LogP contribution is 2.33. The van der Waals surface area contributed by atoms with Gasteiger partial charge in [-0.15, -0.1) is 0 Å². The van der Waals surface area contributed by atoms with Crippen LogP contribution >= 0.6 is 0 Å². The number of aryl methyl sites for hydroxylation is 2. The van der Waals surface area contributed by atoms with Gasteiger partial charge in [-0.2, -0.15) is 9.40 Å². The van der Waals surface area contributed by atoms with E-state index in [1.807, 2.05) is 0 Å². The van der Waals surface area contributed by atoms with Crippen molar-refractivity contribution in [3.05, 3.63) is 11.4 Å². The van der Waals surface area contributed by atoms with Gasteiger partial charge >= 0.3 is 0 Å². The van der Waals surface area contributed by atoms with Crippen LogP contribution in [-0.2, 0) is 10.0 Å². The molecule has 3 heterocycles. The first-order chi connectivity index (χ1) is 9.91. The van der Waals surface area contributed by atoms with Crippen molar-refractivity contribution in [3.8, 4) is 0 Å². The molecule has 1 aromatic heterocycles. The van der Waals surface area contributed by atoms with E-state index in [1.165, 1.54) is 0 Å². The highest BCUT2D eigenvalue weighted by atomic mass is 32.2. The fourth-order valence-electron chi connectivity index (χ4n) is 3.89. The fourth-order valence-corrected chi connectivity index (χ4v) is 5.73. The highest BCUT2D eigenvalue weighted by Gasteiger charge is 2.39. The molecule has 2 aliphatic rings. The van der Waals surface area contributed by atoms with Crippen LogP contribution in [0.3, 0.4) is 0 Å². The van der Waals surface area contributed by atoms with E-state index in [1.54, 1.807) is 18.2 Å². The van der Waals surface area contributed by atoms with Crippen LogP contribution in [0.2, 0.25) is 0 Å². The summed E-state index contributed by atoms with van der Waals surface area (Å²) in [5, 5.41) is 6.81. The molecule has 0 spiro atoms. The molecule has 3 rings (SSSR count). The number of aromatic nitrogens is 2. The van der Waals surface area contributed by atoms with Gasteiger partial charge in [-0.25, -0.2) is 8.42 Å². The van der Waals surface area contributed by atoms with E-state index < -0.39 is 10.0 Å². The summed E-state index contributed by atoms with van der Waals surface area (Å²) >= 11 is 0. The average Bonchev–Trinajstić information content (AvgIpc) is 2.78. The van der Waals surface area contributed by atoms with Crippen LogP contribution in [0.1, 0.15) is 30.7 Å². The smallest absolute Gasteiger partial charge is 0.246 e. The van der Waals surface area contributed by atoms with Crippen molar-refractivity contribution in [2.24, 2.45) is 5.92 Å². The molecular formula is C14H24N4O2S. The molecule has 1 N–H and O–H groups in total. The number of rotatable bonds is 2. The predicted molar refractivity (Wildman–Crippen MR) is 80.6 cm³/mol. The third kappa shape index (κ3) is 2.51. The number of hydrogen-bond donors (Lipinski definition) is 1. The second-order valence-electron chi connectivity index (χ2n) is 6.37. The first kappa shape index (κ1) is 15.0. The molecule has 0 radical (unpaired) electrons. The maximum atomic E-state index is 12.9. The Labute approximate surface area is 126 Å². The van der Waals surface area contributed by atoms with E-state index in [-0.39, 0.29) is 0 Å². The van der Waals surface area contributed by atoms with Crippen LogP contribution < -0.4 is 0 Å². The molecule has 6 nitrogen and oxygen atoms in total. The van der Waals surface area contributed by atoms with Crippen LogP contribution in [0.15, 0.2) is 4.90 Å². The maximum absolute atomic E-state index is 12.9. The van der Waals surface area contributed by atoms with Gasteiger partial charge in [0.05, 0.1) is 11.4 Å². The number of likely N-dealkylation sites (tertiary alicyclic amines) is 1. The summed E-state index contributed by atoms with van der Waals surface area (Å²) in [7, 11) is -1.27. The SMILES string of the molecule is Cc1n[nH]c(C)c1S(=O)(=O)N1CCC2C(CCCN2C)C1. The van der Waals surface area contributed by atoms with Crippen LogP contribution in [0.5, 0.6) is 0 Å². The van der Waals surface area contributed by atoms with Gasteiger partial charge in [-0.05, 0) is 52.6 Å². The summed E-state index contributed by atoms with van der Waals surface area (Å²) in [5.41, 5.74) is 1.20. The molecule has 2 aliphatic heterocycles. The van der Waals surface area contributed by atoms with Gasteiger partial charge in [0.2, 0.25) is 10.0 Å². The van der Waals surface area contributed by atoms with Crippen LogP contribution in [0, 0.1) is 19.8 Å². The Balaban J connectivity index is 1.85. The summed E-state index contributed by atoms with van der Waals surface area (Å²) < 4.78 is 27.5. The molecular weight excluding hydrogens is 288 g/mol. The summed E-state index contributed by atoms with van der Waals surface area (Å²) in [4.78, 5) is 2.76. The molecule has 1 aromatic rings. The molecule has 21 heavy (non-hydrogen) atoms. The quantitative estimate of drug-likeness (QED) is 0.889. The molecule has 118 valence electrons. The largest absolute Gasteiger partial charge is 0.303 e. The van der Waals surface area contributed by atoms with E-state index in [0.717, 1.165) is 25.8 Å². The van der Waals surface area contributed by atoms with Crippen molar-refractivity contribution < 1.29 is 8.42 Å². The molecule has 7 heteroatoms. The third-order valence-electron chi connectivity index (χ3n) is 4.97. The minimum absolute atomic E-state index is 0.366. The second kappa shape index (κ2) is 5.37. The minimum Gasteiger partial charge on any atom is -0.303 e. The van der Waals surface area contributed by atoms with E-state index >= 15 is 0 Å². The van der Waals surface area contributed by atoms with Crippen molar-refractivity contribution in [1.29, 1.82) is 0 Å². The summed E-state index contributed by atoms with van der Waals surface area (Å²) in [6.07, 6.45) is 3.22. The lowest BCUT2D eigenvalue weighted by Crippen LogP contribution is -2.53. The van der Waals surface area contributed by atoms with Gasteiger partial charge in [-0.3, -0.25) is 5.10 Å². The van der Waals surface area contributed by atoms with Gasteiger partial charge < -0.3 is 4.90 Å². The van der Waals surface area contributed by atoms with Crippen molar-refractivity contribution in [2.45, 2.75) is 44.0 Å². The van der Waals surface area contributed by atoms with Crippen LogP contribution in [-0.4, -0.2) is 60.5 Å². The fraction of sp³-hybridized carbons (Fsp3) is 0.786. The molecule has 2 saturated heterocycles. The molecule has 2 fully saturated rings. The number of nitrogens with zero attached hydrogens (tertiary/aromatic N) is 3. The predicted octanol–water partition coefficient (Wildman–Crippen LogP) is 1.13. The highest BCUT2D eigenvalue weighted by molar-refractivity contribution is 7.89. The van der Waals surface area contributed by atoms with Gasteiger partial charge in [0, 0.05) is 19.1 Å². The number of hydrogen-bond acceptors (Lipinski definition) is 4. The van der Waals surface area contributed by atoms with E-state index in [9.17, 15) is 8.42 Å². The second-order valence-corrected chi connectivity index (χ2v) is 8.24. The van der Waals surface area contributed by atoms with Crippen LogP contribution in [0.4, 0.5) is 0 Å². The van der Waals surface area contributed by atoms with Crippen molar-refractivity contribution in [2.75, 3.05) is 26.7 Å². The normalized spacial score (nSPS) is 28.5. The number of sulfonamides is 1.